The first-order valence-corrected chi connectivity index (χ1v) is 10.3. The van der Waals surface area contributed by atoms with Crippen LogP contribution in [0.5, 0.6) is 0 Å². The number of fused-ring (bicyclic) bond motifs is 3. The zero-order valence-corrected chi connectivity index (χ0v) is 15.8. The van der Waals surface area contributed by atoms with Gasteiger partial charge in [0.15, 0.2) is 5.01 Å². The van der Waals surface area contributed by atoms with Gasteiger partial charge in [0.25, 0.3) is 5.91 Å². The van der Waals surface area contributed by atoms with Crippen molar-refractivity contribution in [3.63, 3.8) is 0 Å². The summed E-state index contributed by atoms with van der Waals surface area (Å²) in [4.78, 5) is 20.5. The maximum Gasteiger partial charge on any atom is 0.280 e. The van der Waals surface area contributed by atoms with Crippen LogP contribution in [0.15, 0.2) is 39.6 Å². The Kier molecular flexibility index (Phi) is 4.71. The van der Waals surface area contributed by atoms with Crippen molar-refractivity contribution in [3.05, 3.63) is 35.5 Å². The number of hydrogen-bond donors (Lipinski definition) is 2. The average molecular weight is 375 g/mol. The Morgan fingerprint density at radius 1 is 1.32 bits per heavy atom. The van der Waals surface area contributed by atoms with Crippen LogP contribution in [0, 0.1) is 5.92 Å². The fourth-order valence-corrected chi connectivity index (χ4v) is 5.68. The van der Waals surface area contributed by atoms with Crippen molar-refractivity contribution >= 4 is 34.7 Å². The van der Waals surface area contributed by atoms with Gasteiger partial charge in [-0.2, -0.15) is 0 Å². The maximum absolute atomic E-state index is 12.6. The molecule has 3 aliphatic rings. The molecule has 5 rings (SSSR count). The van der Waals surface area contributed by atoms with Gasteiger partial charge in [-0.3, -0.25) is 9.69 Å². The summed E-state index contributed by atoms with van der Waals surface area (Å²) in [5.74, 6) is 0.562. The molecule has 0 radical (unpaired) electrons. The summed E-state index contributed by atoms with van der Waals surface area (Å²) in [6.07, 6.45) is 4.15. The Hall–Kier alpha value is -1.57. The van der Waals surface area contributed by atoms with Gasteiger partial charge in [-0.15, -0.1) is 11.3 Å². The molecule has 7 heteroatoms. The highest BCUT2D eigenvalue weighted by molar-refractivity contribution is 8.01. The van der Waals surface area contributed by atoms with Crippen LogP contribution in [0.2, 0.25) is 0 Å². The molecule has 2 aromatic rings. The van der Waals surface area contributed by atoms with Gasteiger partial charge < -0.3 is 11.1 Å². The van der Waals surface area contributed by atoms with Gasteiger partial charge in [0.2, 0.25) is 0 Å². The van der Waals surface area contributed by atoms with E-state index in [-0.39, 0.29) is 11.9 Å². The van der Waals surface area contributed by atoms with Gasteiger partial charge >= 0.3 is 0 Å². The molecule has 4 heterocycles. The number of rotatable bonds is 4. The zero-order valence-electron chi connectivity index (χ0n) is 14.1. The minimum absolute atomic E-state index is 0.0419. The Balaban J connectivity index is 1.41. The predicted molar refractivity (Wildman–Crippen MR) is 102 cm³/mol. The molecule has 2 atom stereocenters. The number of carbonyl (C=O) groups excluding carboxylic acids is 1. The van der Waals surface area contributed by atoms with Crippen molar-refractivity contribution in [2.24, 2.45) is 5.92 Å². The average Bonchev–Trinajstić information content (AvgIpc) is 3.09. The predicted octanol–water partition coefficient (Wildman–Crippen LogP) is 3.09. The maximum atomic E-state index is 12.6. The van der Waals surface area contributed by atoms with Crippen molar-refractivity contribution in [2.75, 3.05) is 18.8 Å². The van der Waals surface area contributed by atoms with E-state index in [2.05, 4.69) is 22.1 Å². The van der Waals surface area contributed by atoms with Crippen molar-refractivity contribution < 1.29 is 4.79 Å². The molecule has 0 aliphatic carbocycles. The number of nitrogen functional groups attached to an aromatic ring is 1. The summed E-state index contributed by atoms with van der Waals surface area (Å²) in [7, 11) is 0. The number of amides is 1. The SMILES string of the molecule is C[C@H]1[C@H](NC(=O)c2ncc(Sc3ccc(N)cc3)s2)C2CCN1CC2. The van der Waals surface area contributed by atoms with Crippen LogP contribution in [0.4, 0.5) is 5.69 Å². The van der Waals surface area contributed by atoms with Gasteiger partial charge in [0.1, 0.15) is 0 Å². The molecular weight excluding hydrogens is 352 g/mol. The van der Waals surface area contributed by atoms with E-state index in [0.29, 0.717) is 17.0 Å². The van der Waals surface area contributed by atoms with Crippen LogP contribution >= 0.6 is 23.1 Å². The van der Waals surface area contributed by atoms with Crippen molar-refractivity contribution in [2.45, 2.75) is 41.0 Å². The number of piperidine rings is 3. The van der Waals surface area contributed by atoms with Crippen molar-refractivity contribution in [3.8, 4) is 0 Å². The normalized spacial score (nSPS) is 28.0. The molecule has 132 valence electrons. The molecule has 3 saturated heterocycles. The lowest BCUT2D eigenvalue weighted by Crippen LogP contribution is -2.62. The van der Waals surface area contributed by atoms with E-state index < -0.39 is 0 Å². The molecule has 0 spiro atoms. The van der Waals surface area contributed by atoms with Crippen LogP contribution in [-0.2, 0) is 0 Å². The fraction of sp³-hybridized carbons (Fsp3) is 0.444. The van der Waals surface area contributed by atoms with E-state index in [4.69, 9.17) is 5.73 Å². The fourth-order valence-electron chi connectivity index (χ4n) is 3.82. The molecule has 1 aromatic heterocycles. The first-order valence-electron chi connectivity index (χ1n) is 8.64. The number of hydrogen-bond acceptors (Lipinski definition) is 6. The second kappa shape index (κ2) is 6.97. The lowest BCUT2D eigenvalue weighted by atomic mass is 9.79. The molecule has 1 aromatic carbocycles. The number of carbonyl (C=O) groups is 1. The molecule has 2 bridgehead atoms. The van der Waals surface area contributed by atoms with E-state index in [1.54, 1.807) is 18.0 Å². The summed E-state index contributed by atoms with van der Waals surface area (Å²) in [5, 5.41) is 3.79. The van der Waals surface area contributed by atoms with Crippen LogP contribution in [0.25, 0.3) is 0 Å². The lowest BCUT2D eigenvalue weighted by molar-refractivity contribution is 0.0217. The van der Waals surface area contributed by atoms with Crippen LogP contribution < -0.4 is 11.1 Å². The standard InChI is InChI=1S/C18H22N4OS2/c1-11-16(12-6-8-22(11)9-7-12)21-17(23)18-20-10-15(25-18)24-14-4-2-13(19)3-5-14/h2-5,10-12,16H,6-9,19H2,1H3,(H,21,23)/t11-,16-/m0/s1. The van der Waals surface area contributed by atoms with Gasteiger partial charge in [-0.25, -0.2) is 4.98 Å². The number of nitrogens with zero attached hydrogens (tertiary/aromatic N) is 2. The largest absolute Gasteiger partial charge is 0.399 e. The molecule has 3 fully saturated rings. The van der Waals surface area contributed by atoms with E-state index in [1.165, 1.54) is 24.2 Å². The lowest BCUT2D eigenvalue weighted by Gasteiger charge is -2.49. The number of thiazole rings is 1. The van der Waals surface area contributed by atoms with Crippen LogP contribution in [-0.4, -0.2) is 41.0 Å². The number of benzene rings is 1. The highest BCUT2D eigenvalue weighted by Gasteiger charge is 2.40. The number of anilines is 1. The topological polar surface area (TPSA) is 71.2 Å². The molecule has 25 heavy (non-hydrogen) atoms. The number of nitrogens with two attached hydrogens (primary N) is 1. The Morgan fingerprint density at radius 3 is 2.72 bits per heavy atom. The summed E-state index contributed by atoms with van der Waals surface area (Å²) in [6, 6.07) is 8.38. The Bertz CT molecular complexity index is 751. The zero-order chi connectivity index (χ0) is 17.4. The van der Waals surface area contributed by atoms with E-state index in [1.807, 2.05) is 24.3 Å². The van der Waals surface area contributed by atoms with Crippen LogP contribution in [0.3, 0.4) is 0 Å². The third-order valence-corrected chi connectivity index (χ3v) is 7.36. The molecule has 3 aliphatic heterocycles. The monoisotopic (exact) mass is 374 g/mol. The van der Waals surface area contributed by atoms with Crippen LogP contribution in [0.1, 0.15) is 29.6 Å². The van der Waals surface area contributed by atoms with Gasteiger partial charge in [0, 0.05) is 22.7 Å². The van der Waals surface area contributed by atoms with E-state index in [9.17, 15) is 4.79 Å². The minimum Gasteiger partial charge on any atom is -0.399 e. The van der Waals surface area contributed by atoms with Crippen molar-refractivity contribution in [1.82, 2.24) is 15.2 Å². The van der Waals surface area contributed by atoms with Gasteiger partial charge in [0.05, 0.1) is 10.4 Å². The molecule has 5 nitrogen and oxygen atoms in total. The number of aromatic nitrogens is 1. The Morgan fingerprint density at radius 2 is 2.04 bits per heavy atom. The highest BCUT2D eigenvalue weighted by atomic mass is 32.2. The number of nitrogens with one attached hydrogen (secondary N) is 1. The Labute approximate surface area is 156 Å². The second-order valence-electron chi connectivity index (χ2n) is 6.77. The minimum atomic E-state index is -0.0419. The third-order valence-electron chi connectivity index (χ3n) is 5.25. The first-order chi connectivity index (χ1) is 12.1. The second-order valence-corrected chi connectivity index (χ2v) is 9.17. The first kappa shape index (κ1) is 16.9. The smallest absolute Gasteiger partial charge is 0.280 e. The summed E-state index contributed by atoms with van der Waals surface area (Å²) in [5.41, 5.74) is 6.46. The molecule has 3 N–H and O–H groups in total. The van der Waals surface area contributed by atoms with Gasteiger partial charge in [-0.1, -0.05) is 11.8 Å². The molecule has 1 amide bonds. The van der Waals surface area contributed by atoms with E-state index in [0.717, 1.165) is 27.9 Å². The molecular formula is C18H22N4OS2. The van der Waals surface area contributed by atoms with Crippen molar-refractivity contribution in [1.29, 1.82) is 0 Å². The molecule has 0 saturated carbocycles. The third kappa shape index (κ3) is 3.54. The van der Waals surface area contributed by atoms with Gasteiger partial charge in [-0.05, 0) is 63.0 Å². The highest BCUT2D eigenvalue weighted by Crippen LogP contribution is 2.34. The molecule has 0 unspecified atom stereocenters. The summed E-state index contributed by atoms with van der Waals surface area (Å²) < 4.78 is 1.01. The van der Waals surface area contributed by atoms with E-state index >= 15 is 0 Å². The quantitative estimate of drug-likeness (QED) is 0.805. The summed E-state index contributed by atoms with van der Waals surface area (Å²) >= 11 is 3.05. The summed E-state index contributed by atoms with van der Waals surface area (Å²) in [6.45, 7) is 4.55.